The van der Waals surface area contributed by atoms with Crippen LogP contribution in [0.5, 0.6) is 0 Å². The van der Waals surface area contributed by atoms with Crippen LogP contribution in [0.2, 0.25) is 0 Å². The number of hydrogen-bond acceptors (Lipinski definition) is 6. The number of aryl methyl sites for hydroxylation is 2. The van der Waals surface area contributed by atoms with E-state index in [0.29, 0.717) is 22.1 Å². The standard InChI is InChI=1S/C35H29F4N7O3/c1-17-8-21(22-13-40-29-9-18(2)43-45(29)14-22)10-23-24(20(4)47)15-44(31(17)23)16-30(48)46-26(12-34(5)7-6-28(34)46)33(49)42-32-19(3)25(36)11-27(41-32)35(37,38)39/h8-11,13-15,26,28H,12,16H2,1-5H3,(H,41,42,49)/t26-,28+,34+/m0/s1. The fraction of sp³-hybridized carbons (Fsp3) is 0.314. The second-order valence-corrected chi connectivity index (χ2v) is 12.9. The van der Waals surface area contributed by atoms with Crippen molar-refractivity contribution in [1.29, 1.82) is 0 Å². The summed E-state index contributed by atoms with van der Waals surface area (Å²) >= 11 is 0. The Labute approximate surface area is 277 Å². The molecule has 250 valence electrons. The van der Waals surface area contributed by atoms with E-state index in [1.807, 2.05) is 38.2 Å². The zero-order chi connectivity index (χ0) is 35.2. The van der Waals surface area contributed by atoms with Gasteiger partial charge in [-0.3, -0.25) is 14.4 Å². The van der Waals surface area contributed by atoms with Gasteiger partial charge in [0.1, 0.15) is 36.0 Å². The molecule has 0 radical (unpaired) electrons. The summed E-state index contributed by atoms with van der Waals surface area (Å²) < 4.78 is 57.9. The monoisotopic (exact) mass is 671 g/mol. The Hall–Kier alpha value is -5.58. The largest absolute Gasteiger partial charge is 0.433 e. The Morgan fingerprint density at radius 1 is 1.08 bits per heavy atom. The van der Waals surface area contributed by atoms with E-state index >= 15 is 0 Å². The molecule has 7 rings (SSSR count). The van der Waals surface area contributed by atoms with Crippen LogP contribution in [-0.4, -0.2) is 58.7 Å². The minimum Gasteiger partial charge on any atom is -0.337 e. The summed E-state index contributed by atoms with van der Waals surface area (Å²) in [5.41, 5.74) is 2.42. The van der Waals surface area contributed by atoms with Gasteiger partial charge >= 0.3 is 6.18 Å². The molecule has 1 N–H and O–H groups in total. The molecule has 0 spiro atoms. The summed E-state index contributed by atoms with van der Waals surface area (Å²) in [4.78, 5) is 49.8. The smallest absolute Gasteiger partial charge is 0.337 e. The Morgan fingerprint density at radius 2 is 1.84 bits per heavy atom. The SMILES string of the molecule is CC(=O)c1cn(CC(=O)N2[C@H](C(=O)Nc3nc(C(F)(F)F)cc(F)c3C)C[C@@]3(C)C#C[C@@H]23)c2c(C)cc(-c3cnc4cc(C)nn4c3)cc12. The molecule has 1 aromatic carbocycles. The predicted molar refractivity (Wildman–Crippen MR) is 171 cm³/mol. The summed E-state index contributed by atoms with van der Waals surface area (Å²) in [6.07, 6.45) is 0.360. The lowest BCUT2D eigenvalue weighted by atomic mass is 9.76. The van der Waals surface area contributed by atoms with Gasteiger partial charge in [-0.15, -0.1) is 0 Å². The number of likely N-dealkylation sites (tertiary alicyclic amines) is 1. The van der Waals surface area contributed by atoms with Crippen LogP contribution in [0.1, 0.15) is 53.1 Å². The minimum atomic E-state index is -4.94. The number of alkyl halides is 3. The number of benzene rings is 1. The van der Waals surface area contributed by atoms with Crippen molar-refractivity contribution in [2.75, 3.05) is 5.32 Å². The van der Waals surface area contributed by atoms with Gasteiger partial charge in [-0.1, -0.05) is 11.8 Å². The highest BCUT2D eigenvalue weighted by Gasteiger charge is 2.56. The van der Waals surface area contributed by atoms with Crippen molar-refractivity contribution in [2.24, 2.45) is 5.41 Å². The Kier molecular flexibility index (Phi) is 7.17. The van der Waals surface area contributed by atoms with Crippen molar-refractivity contribution in [2.45, 2.75) is 65.8 Å². The third-order valence-corrected chi connectivity index (χ3v) is 9.28. The van der Waals surface area contributed by atoms with Gasteiger partial charge < -0.3 is 14.8 Å². The second kappa shape index (κ2) is 11.0. The Morgan fingerprint density at radius 3 is 2.51 bits per heavy atom. The van der Waals surface area contributed by atoms with Gasteiger partial charge in [0.15, 0.2) is 11.4 Å². The number of carbonyl (C=O) groups is 3. The van der Waals surface area contributed by atoms with Gasteiger partial charge in [0.25, 0.3) is 0 Å². The lowest BCUT2D eigenvalue weighted by Gasteiger charge is -2.34. The number of fused-ring (bicyclic) bond motifs is 3. The summed E-state index contributed by atoms with van der Waals surface area (Å²) in [6, 6.07) is 4.15. The van der Waals surface area contributed by atoms with E-state index in [1.54, 1.807) is 28.4 Å². The van der Waals surface area contributed by atoms with E-state index in [-0.39, 0.29) is 30.4 Å². The molecule has 1 aliphatic heterocycles. The number of amides is 2. The van der Waals surface area contributed by atoms with Gasteiger partial charge in [0, 0.05) is 52.8 Å². The van der Waals surface area contributed by atoms with E-state index in [0.717, 1.165) is 22.4 Å². The van der Waals surface area contributed by atoms with Crippen molar-refractivity contribution in [3.8, 4) is 23.0 Å². The normalized spacial score (nSPS) is 19.8. The van der Waals surface area contributed by atoms with Gasteiger partial charge in [-0.05, 0) is 64.3 Å². The summed E-state index contributed by atoms with van der Waals surface area (Å²) in [5.74, 6) is 2.68. The Bertz CT molecular complexity index is 2330. The highest BCUT2D eigenvalue weighted by molar-refractivity contribution is 6.09. The van der Waals surface area contributed by atoms with Crippen LogP contribution in [0.25, 0.3) is 27.7 Å². The zero-order valence-electron chi connectivity index (χ0n) is 27.0. The maximum absolute atomic E-state index is 14.4. The number of hydrogen-bond donors (Lipinski definition) is 1. The first-order valence-electron chi connectivity index (χ1n) is 15.4. The van der Waals surface area contributed by atoms with Crippen molar-refractivity contribution in [1.82, 2.24) is 29.0 Å². The molecule has 5 aromatic rings. The molecule has 49 heavy (non-hydrogen) atoms. The maximum Gasteiger partial charge on any atom is 0.433 e. The van der Waals surface area contributed by atoms with Crippen LogP contribution < -0.4 is 5.32 Å². The molecule has 0 saturated carbocycles. The molecule has 0 bridgehead atoms. The topological polar surface area (TPSA) is 114 Å². The third kappa shape index (κ3) is 5.29. The first-order chi connectivity index (χ1) is 23.0. The number of aromatic nitrogens is 5. The van der Waals surface area contributed by atoms with Crippen LogP contribution >= 0.6 is 0 Å². The number of ketones is 1. The van der Waals surface area contributed by atoms with Crippen molar-refractivity contribution >= 4 is 40.0 Å². The van der Waals surface area contributed by atoms with Crippen LogP contribution in [0, 0.1) is 43.8 Å². The molecule has 1 fully saturated rings. The molecule has 2 aliphatic rings. The van der Waals surface area contributed by atoms with Crippen LogP contribution in [0.3, 0.4) is 0 Å². The van der Waals surface area contributed by atoms with Gasteiger partial charge in [-0.2, -0.15) is 18.3 Å². The number of anilines is 1. The fourth-order valence-electron chi connectivity index (χ4n) is 6.78. The lowest BCUT2D eigenvalue weighted by molar-refractivity contribution is -0.141. The molecule has 4 aromatic heterocycles. The number of pyridine rings is 1. The first kappa shape index (κ1) is 32.0. The quantitative estimate of drug-likeness (QED) is 0.142. The van der Waals surface area contributed by atoms with E-state index < -0.39 is 52.8 Å². The second-order valence-electron chi connectivity index (χ2n) is 12.9. The van der Waals surface area contributed by atoms with Gasteiger partial charge in [0.05, 0.1) is 16.6 Å². The van der Waals surface area contributed by atoms with E-state index in [2.05, 4.69) is 32.2 Å². The highest BCUT2D eigenvalue weighted by Crippen LogP contribution is 2.45. The maximum atomic E-state index is 14.4. The van der Waals surface area contributed by atoms with Crippen molar-refractivity contribution in [3.63, 3.8) is 0 Å². The van der Waals surface area contributed by atoms with Crippen LogP contribution in [0.15, 0.2) is 42.9 Å². The number of halogens is 4. The Balaban J connectivity index is 1.22. The van der Waals surface area contributed by atoms with E-state index in [4.69, 9.17) is 0 Å². The average molecular weight is 672 g/mol. The predicted octanol–water partition coefficient (Wildman–Crippen LogP) is 5.66. The number of Topliss-reactive ketones (excluding diaryl/α,β-unsaturated/α-hetero) is 1. The lowest BCUT2D eigenvalue weighted by Crippen LogP contribution is -2.50. The van der Waals surface area contributed by atoms with E-state index in [1.165, 1.54) is 18.7 Å². The molecular formula is C35H29F4N7O3. The molecule has 14 heteroatoms. The van der Waals surface area contributed by atoms with Crippen LogP contribution in [0.4, 0.5) is 23.4 Å². The third-order valence-electron chi connectivity index (χ3n) is 9.28. The molecular weight excluding hydrogens is 642 g/mol. The van der Waals surface area contributed by atoms with Gasteiger partial charge in [0.2, 0.25) is 11.8 Å². The highest BCUT2D eigenvalue weighted by atomic mass is 19.4. The average Bonchev–Trinajstić information content (AvgIpc) is 3.64. The number of nitrogens with zero attached hydrogens (tertiary/aromatic N) is 6. The van der Waals surface area contributed by atoms with Crippen molar-refractivity contribution < 1.29 is 31.9 Å². The molecule has 2 amide bonds. The fourth-order valence-corrected chi connectivity index (χ4v) is 6.78. The summed E-state index contributed by atoms with van der Waals surface area (Å²) in [5, 5.41) is 7.40. The molecule has 10 nitrogen and oxygen atoms in total. The number of nitrogens with one attached hydrogen (secondary N) is 1. The molecule has 3 atom stereocenters. The zero-order valence-corrected chi connectivity index (χ0v) is 27.0. The number of rotatable bonds is 6. The van der Waals surface area contributed by atoms with Gasteiger partial charge in [-0.25, -0.2) is 18.9 Å². The van der Waals surface area contributed by atoms with Crippen LogP contribution in [-0.2, 0) is 22.3 Å². The summed E-state index contributed by atoms with van der Waals surface area (Å²) in [7, 11) is 0. The molecule has 1 saturated heterocycles. The molecule has 1 aliphatic carbocycles. The van der Waals surface area contributed by atoms with Crippen molar-refractivity contribution in [3.05, 3.63) is 76.8 Å². The molecule has 0 unspecified atom stereocenters. The minimum absolute atomic E-state index is 0.115. The molecule has 5 heterocycles. The first-order valence-corrected chi connectivity index (χ1v) is 15.4. The van der Waals surface area contributed by atoms with E-state index in [9.17, 15) is 31.9 Å². The summed E-state index contributed by atoms with van der Waals surface area (Å²) in [6.45, 7) is 7.93. The number of carbonyl (C=O) groups excluding carboxylic acids is 3.